The van der Waals surface area contributed by atoms with E-state index in [0.717, 1.165) is 11.1 Å². The van der Waals surface area contributed by atoms with E-state index in [1.807, 2.05) is 31.2 Å². The molecule has 1 aromatic carbocycles. The number of aromatic nitrogens is 1. The van der Waals surface area contributed by atoms with Gasteiger partial charge in [-0.2, -0.15) is 0 Å². The highest BCUT2D eigenvalue weighted by Crippen LogP contribution is 2.22. The van der Waals surface area contributed by atoms with Crippen molar-refractivity contribution < 1.29 is 14.3 Å². The number of aromatic carboxylic acids is 1. The first kappa shape index (κ1) is 10.4. The van der Waals surface area contributed by atoms with Crippen LogP contribution in [0.15, 0.2) is 28.7 Å². The van der Waals surface area contributed by atoms with Crippen molar-refractivity contribution in [3.63, 3.8) is 0 Å². The molecule has 0 saturated carbocycles. The molecule has 0 aliphatic carbocycles. The molecule has 1 N–H and O–H groups in total. The monoisotopic (exact) mass is 217 g/mol. The van der Waals surface area contributed by atoms with Gasteiger partial charge in [-0.15, -0.1) is 0 Å². The molecule has 0 bridgehead atoms. The highest BCUT2D eigenvalue weighted by molar-refractivity contribution is 5.87. The van der Waals surface area contributed by atoms with E-state index in [2.05, 4.69) is 4.98 Å². The van der Waals surface area contributed by atoms with Gasteiger partial charge in [0.05, 0.1) is 0 Å². The molecular formula is C12H11NO3. The van der Waals surface area contributed by atoms with E-state index in [0.29, 0.717) is 11.7 Å². The van der Waals surface area contributed by atoms with Crippen LogP contribution in [0.4, 0.5) is 0 Å². The van der Waals surface area contributed by atoms with Gasteiger partial charge in [0.25, 0.3) is 0 Å². The van der Waals surface area contributed by atoms with Gasteiger partial charge >= 0.3 is 5.97 Å². The molecule has 0 aliphatic heterocycles. The molecule has 0 fully saturated rings. The zero-order chi connectivity index (χ0) is 11.7. The SMILES string of the molecule is Cc1cccc(-c2nc(C(=O)O)c(C)o2)c1. The van der Waals surface area contributed by atoms with Crippen molar-refractivity contribution >= 4 is 5.97 Å². The van der Waals surface area contributed by atoms with Gasteiger partial charge in [0, 0.05) is 5.56 Å². The van der Waals surface area contributed by atoms with E-state index >= 15 is 0 Å². The maximum absolute atomic E-state index is 10.8. The lowest BCUT2D eigenvalue weighted by Gasteiger charge is -1.96. The van der Waals surface area contributed by atoms with Gasteiger partial charge in [-0.25, -0.2) is 9.78 Å². The lowest BCUT2D eigenvalue weighted by atomic mass is 10.1. The van der Waals surface area contributed by atoms with Crippen LogP contribution >= 0.6 is 0 Å². The van der Waals surface area contributed by atoms with Crippen molar-refractivity contribution in [2.24, 2.45) is 0 Å². The van der Waals surface area contributed by atoms with Crippen molar-refractivity contribution in [2.75, 3.05) is 0 Å². The van der Waals surface area contributed by atoms with Crippen molar-refractivity contribution in [2.45, 2.75) is 13.8 Å². The Bertz CT molecular complexity index is 543. The molecule has 1 heterocycles. The standard InChI is InChI=1S/C12H11NO3/c1-7-4-3-5-9(6-7)11-13-10(12(14)15)8(2)16-11/h3-6H,1-2H3,(H,14,15). The number of carboxylic acids is 1. The molecule has 4 nitrogen and oxygen atoms in total. The number of hydrogen-bond acceptors (Lipinski definition) is 3. The van der Waals surface area contributed by atoms with Crippen LogP contribution in [-0.2, 0) is 0 Å². The number of carbonyl (C=O) groups is 1. The first-order chi connectivity index (χ1) is 7.58. The minimum absolute atomic E-state index is 0.0310. The van der Waals surface area contributed by atoms with E-state index in [-0.39, 0.29) is 5.69 Å². The highest BCUT2D eigenvalue weighted by Gasteiger charge is 2.16. The average Bonchev–Trinajstić information content (AvgIpc) is 2.60. The Balaban J connectivity index is 2.49. The normalized spacial score (nSPS) is 10.4. The number of oxazole rings is 1. The van der Waals surface area contributed by atoms with Crippen molar-refractivity contribution in [1.29, 1.82) is 0 Å². The van der Waals surface area contributed by atoms with E-state index in [1.165, 1.54) is 0 Å². The zero-order valence-electron chi connectivity index (χ0n) is 9.02. The van der Waals surface area contributed by atoms with Crippen LogP contribution in [0.25, 0.3) is 11.5 Å². The molecule has 0 unspecified atom stereocenters. The number of nitrogens with zero attached hydrogens (tertiary/aromatic N) is 1. The van der Waals surface area contributed by atoms with Crippen molar-refractivity contribution in [3.05, 3.63) is 41.3 Å². The molecule has 0 spiro atoms. The summed E-state index contributed by atoms with van der Waals surface area (Å²) in [6.07, 6.45) is 0. The second-order valence-electron chi connectivity index (χ2n) is 3.60. The minimum atomic E-state index is -1.07. The summed E-state index contributed by atoms with van der Waals surface area (Å²) < 4.78 is 5.33. The van der Waals surface area contributed by atoms with Crippen LogP contribution in [0.2, 0.25) is 0 Å². The largest absolute Gasteiger partial charge is 0.476 e. The summed E-state index contributed by atoms with van der Waals surface area (Å²) in [6, 6.07) is 7.57. The Labute approximate surface area is 92.6 Å². The average molecular weight is 217 g/mol. The predicted molar refractivity (Wildman–Crippen MR) is 58.4 cm³/mol. The molecule has 82 valence electrons. The number of hydrogen-bond donors (Lipinski definition) is 1. The third-order valence-corrected chi connectivity index (χ3v) is 2.26. The fraction of sp³-hybridized carbons (Fsp3) is 0.167. The Morgan fingerprint density at radius 2 is 2.12 bits per heavy atom. The lowest BCUT2D eigenvalue weighted by molar-refractivity contribution is 0.0689. The number of carboxylic acid groups (broad SMARTS) is 1. The van der Waals surface area contributed by atoms with E-state index in [4.69, 9.17) is 9.52 Å². The van der Waals surface area contributed by atoms with Gasteiger partial charge < -0.3 is 9.52 Å². The predicted octanol–water partition coefficient (Wildman–Crippen LogP) is 2.66. The van der Waals surface area contributed by atoms with Gasteiger partial charge in [0.2, 0.25) is 5.89 Å². The van der Waals surface area contributed by atoms with Crippen molar-refractivity contribution in [3.8, 4) is 11.5 Å². The van der Waals surface area contributed by atoms with Crippen LogP contribution in [0, 0.1) is 13.8 Å². The second-order valence-corrected chi connectivity index (χ2v) is 3.60. The summed E-state index contributed by atoms with van der Waals surface area (Å²) >= 11 is 0. The molecule has 2 rings (SSSR count). The van der Waals surface area contributed by atoms with Gasteiger partial charge in [0.15, 0.2) is 5.69 Å². The molecule has 1 aromatic heterocycles. The molecule has 0 amide bonds. The van der Waals surface area contributed by atoms with E-state index in [1.54, 1.807) is 6.92 Å². The summed E-state index contributed by atoms with van der Waals surface area (Å²) in [5.41, 5.74) is 1.83. The van der Waals surface area contributed by atoms with E-state index in [9.17, 15) is 4.79 Å². The Morgan fingerprint density at radius 3 is 2.69 bits per heavy atom. The quantitative estimate of drug-likeness (QED) is 0.839. The van der Waals surface area contributed by atoms with Crippen LogP contribution < -0.4 is 0 Å². The molecule has 0 saturated heterocycles. The Hall–Kier alpha value is -2.10. The fourth-order valence-corrected chi connectivity index (χ4v) is 1.50. The third kappa shape index (κ3) is 1.82. The minimum Gasteiger partial charge on any atom is -0.476 e. The molecule has 0 radical (unpaired) electrons. The molecular weight excluding hydrogens is 206 g/mol. The molecule has 4 heteroatoms. The smallest absolute Gasteiger partial charge is 0.358 e. The summed E-state index contributed by atoms with van der Waals surface area (Å²) in [4.78, 5) is 14.8. The Morgan fingerprint density at radius 1 is 1.38 bits per heavy atom. The van der Waals surface area contributed by atoms with E-state index < -0.39 is 5.97 Å². The topological polar surface area (TPSA) is 63.3 Å². The van der Waals surface area contributed by atoms with Crippen LogP contribution in [-0.4, -0.2) is 16.1 Å². The van der Waals surface area contributed by atoms with Crippen LogP contribution in [0.1, 0.15) is 21.8 Å². The number of rotatable bonds is 2. The Kier molecular flexibility index (Phi) is 2.48. The first-order valence-electron chi connectivity index (χ1n) is 4.85. The maximum atomic E-state index is 10.8. The van der Waals surface area contributed by atoms with Gasteiger partial charge in [-0.1, -0.05) is 17.7 Å². The molecule has 0 atom stereocenters. The number of aryl methyl sites for hydroxylation is 2. The second kappa shape index (κ2) is 3.81. The fourth-order valence-electron chi connectivity index (χ4n) is 1.50. The molecule has 2 aromatic rings. The van der Waals surface area contributed by atoms with Gasteiger partial charge in [0.1, 0.15) is 5.76 Å². The molecule has 0 aliphatic rings. The van der Waals surface area contributed by atoms with Crippen LogP contribution in [0.3, 0.4) is 0 Å². The summed E-state index contributed by atoms with van der Waals surface area (Å²) in [5.74, 6) is -0.400. The summed E-state index contributed by atoms with van der Waals surface area (Å²) in [6.45, 7) is 3.55. The number of benzene rings is 1. The summed E-state index contributed by atoms with van der Waals surface area (Å²) in [5, 5.41) is 8.86. The third-order valence-electron chi connectivity index (χ3n) is 2.26. The van der Waals surface area contributed by atoms with Crippen LogP contribution in [0.5, 0.6) is 0 Å². The van der Waals surface area contributed by atoms with Crippen molar-refractivity contribution in [1.82, 2.24) is 4.98 Å². The lowest BCUT2D eigenvalue weighted by Crippen LogP contribution is -1.98. The highest BCUT2D eigenvalue weighted by atomic mass is 16.4. The van der Waals surface area contributed by atoms with Gasteiger partial charge in [-0.05, 0) is 26.0 Å². The molecule has 16 heavy (non-hydrogen) atoms. The first-order valence-corrected chi connectivity index (χ1v) is 4.85. The maximum Gasteiger partial charge on any atom is 0.358 e. The zero-order valence-corrected chi connectivity index (χ0v) is 9.02. The summed E-state index contributed by atoms with van der Waals surface area (Å²) in [7, 11) is 0. The van der Waals surface area contributed by atoms with Gasteiger partial charge in [-0.3, -0.25) is 0 Å².